The summed E-state index contributed by atoms with van der Waals surface area (Å²) in [7, 11) is -3.90. The quantitative estimate of drug-likeness (QED) is 0.440. The van der Waals surface area contributed by atoms with Crippen LogP contribution in [0.3, 0.4) is 0 Å². The van der Waals surface area contributed by atoms with E-state index in [1.165, 1.54) is 24.3 Å². The van der Waals surface area contributed by atoms with Crippen LogP contribution in [0.5, 0.6) is 11.5 Å². The number of nitrogens with zero attached hydrogens (tertiary/aromatic N) is 2. The van der Waals surface area contributed by atoms with E-state index in [0.717, 1.165) is 4.57 Å². The standard InChI is InChI=1S/C23H19F2N3O4S/c24-23(25)28-19-5-2-1-4-18(19)26-22(28)15-6-8-16(9-7-15)27-33(29,30)17-10-11-20-21(14-17)32-13-3-12-31-20/h1-2,4-11,14,23,27H,3,12-13H2. The molecule has 0 saturated carbocycles. The van der Waals surface area contributed by atoms with Gasteiger partial charge in [-0.1, -0.05) is 12.1 Å². The molecule has 0 unspecified atom stereocenters. The third-order valence-electron chi connectivity index (χ3n) is 5.22. The van der Waals surface area contributed by atoms with Crippen LogP contribution in [0, 0.1) is 0 Å². The number of alkyl halides is 2. The highest BCUT2D eigenvalue weighted by molar-refractivity contribution is 7.92. The van der Waals surface area contributed by atoms with Crippen LogP contribution in [-0.2, 0) is 10.0 Å². The van der Waals surface area contributed by atoms with Gasteiger partial charge in [-0.05, 0) is 48.5 Å². The summed E-state index contributed by atoms with van der Waals surface area (Å²) in [5.41, 5.74) is 1.49. The molecule has 0 radical (unpaired) electrons. The zero-order valence-electron chi connectivity index (χ0n) is 17.2. The maximum absolute atomic E-state index is 13.7. The number of halogens is 2. The number of anilines is 1. The maximum Gasteiger partial charge on any atom is 0.320 e. The Morgan fingerprint density at radius 3 is 2.42 bits per heavy atom. The predicted octanol–water partition coefficient (Wildman–Crippen LogP) is 5.06. The summed E-state index contributed by atoms with van der Waals surface area (Å²) >= 11 is 0. The molecule has 1 aliphatic rings. The fraction of sp³-hybridized carbons (Fsp3) is 0.174. The molecule has 1 aliphatic heterocycles. The Kier molecular flexibility index (Phi) is 5.37. The molecule has 0 bridgehead atoms. The maximum atomic E-state index is 13.7. The lowest BCUT2D eigenvalue weighted by Gasteiger charge is -2.12. The van der Waals surface area contributed by atoms with Crippen LogP contribution >= 0.6 is 0 Å². The number of aromatic nitrogens is 2. The van der Waals surface area contributed by atoms with Crippen molar-refractivity contribution in [3.8, 4) is 22.9 Å². The lowest BCUT2D eigenvalue weighted by molar-refractivity contribution is 0.0764. The van der Waals surface area contributed by atoms with Gasteiger partial charge in [-0.15, -0.1) is 0 Å². The first-order valence-corrected chi connectivity index (χ1v) is 11.7. The molecule has 1 aromatic heterocycles. The van der Waals surface area contributed by atoms with Gasteiger partial charge in [-0.3, -0.25) is 9.29 Å². The van der Waals surface area contributed by atoms with Gasteiger partial charge in [0.05, 0.1) is 29.1 Å². The van der Waals surface area contributed by atoms with E-state index in [1.54, 1.807) is 42.5 Å². The molecule has 1 N–H and O–H groups in total. The number of imidazole rings is 1. The number of nitrogens with one attached hydrogen (secondary N) is 1. The molecular formula is C23H19F2N3O4S. The van der Waals surface area contributed by atoms with E-state index >= 15 is 0 Å². The van der Waals surface area contributed by atoms with Crippen LogP contribution in [0.2, 0.25) is 0 Å². The minimum atomic E-state index is -3.90. The van der Waals surface area contributed by atoms with Crippen molar-refractivity contribution in [2.45, 2.75) is 17.9 Å². The first-order valence-electron chi connectivity index (χ1n) is 10.2. The number of sulfonamides is 1. The van der Waals surface area contributed by atoms with E-state index in [2.05, 4.69) is 9.71 Å². The van der Waals surface area contributed by atoms with Gasteiger partial charge in [0, 0.05) is 23.7 Å². The zero-order chi connectivity index (χ0) is 23.0. The molecule has 33 heavy (non-hydrogen) atoms. The highest BCUT2D eigenvalue weighted by Gasteiger charge is 2.21. The molecule has 0 saturated heterocycles. The van der Waals surface area contributed by atoms with Crippen molar-refractivity contribution in [1.29, 1.82) is 0 Å². The van der Waals surface area contributed by atoms with Gasteiger partial charge in [0.2, 0.25) is 0 Å². The zero-order valence-corrected chi connectivity index (χ0v) is 18.1. The molecule has 0 amide bonds. The Balaban J connectivity index is 1.42. The third-order valence-corrected chi connectivity index (χ3v) is 6.59. The lowest BCUT2D eigenvalue weighted by Crippen LogP contribution is -2.13. The molecule has 2 heterocycles. The molecule has 0 fully saturated rings. The van der Waals surface area contributed by atoms with E-state index in [1.807, 2.05) is 0 Å². The molecular weight excluding hydrogens is 452 g/mol. The van der Waals surface area contributed by atoms with Crippen LogP contribution in [0.1, 0.15) is 13.0 Å². The van der Waals surface area contributed by atoms with E-state index < -0.39 is 16.6 Å². The lowest BCUT2D eigenvalue weighted by atomic mass is 10.2. The van der Waals surface area contributed by atoms with Gasteiger partial charge >= 0.3 is 6.55 Å². The van der Waals surface area contributed by atoms with Gasteiger partial charge < -0.3 is 9.47 Å². The van der Waals surface area contributed by atoms with E-state index in [9.17, 15) is 17.2 Å². The number of para-hydroxylation sites is 2. The average molecular weight is 471 g/mol. The Labute approximate surface area is 188 Å². The molecule has 4 aromatic rings. The highest BCUT2D eigenvalue weighted by Crippen LogP contribution is 2.33. The van der Waals surface area contributed by atoms with Crippen LogP contribution in [0.25, 0.3) is 22.4 Å². The third kappa shape index (κ3) is 4.09. The summed E-state index contributed by atoms with van der Waals surface area (Å²) in [6, 6.07) is 17.2. The first-order chi connectivity index (χ1) is 15.9. The van der Waals surface area contributed by atoms with Crippen LogP contribution in [0.15, 0.2) is 71.6 Å². The second kappa shape index (κ2) is 8.36. The van der Waals surface area contributed by atoms with Crippen molar-refractivity contribution in [2.24, 2.45) is 0 Å². The normalized spacial score (nSPS) is 13.8. The van der Waals surface area contributed by atoms with Gasteiger partial charge in [-0.25, -0.2) is 13.4 Å². The van der Waals surface area contributed by atoms with Crippen molar-refractivity contribution < 1.29 is 26.7 Å². The van der Waals surface area contributed by atoms with Gasteiger partial charge in [0.25, 0.3) is 10.0 Å². The van der Waals surface area contributed by atoms with Crippen molar-refractivity contribution in [2.75, 3.05) is 17.9 Å². The van der Waals surface area contributed by atoms with Gasteiger partial charge in [0.1, 0.15) is 5.82 Å². The Morgan fingerprint density at radius 2 is 1.67 bits per heavy atom. The molecule has 3 aromatic carbocycles. The minimum absolute atomic E-state index is 0.0234. The molecule has 0 aliphatic carbocycles. The second-order valence-electron chi connectivity index (χ2n) is 7.41. The number of hydrogen-bond donors (Lipinski definition) is 1. The Hall–Kier alpha value is -3.66. The Morgan fingerprint density at radius 1 is 0.939 bits per heavy atom. The topological polar surface area (TPSA) is 82.5 Å². The smallest absolute Gasteiger partial charge is 0.320 e. The van der Waals surface area contributed by atoms with Crippen LogP contribution < -0.4 is 14.2 Å². The fourth-order valence-electron chi connectivity index (χ4n) is 3.66. The van der Waals surface area contributed by atoms with Crippen molar-refractivity contribution in [3.63, 3.8) is 0 Å². The summed E-state index contributed by atoms with van der Waals surface area (Å²) in [5, 5.41) is 0. The van der Waals surface area contributed by atoms with E-state index in [4.69, 9.17) is 9.47 Å². The minimum Gasteiger partial charge on any atom is -0.490 e. The number of hydrogen-bond acceptors (Lipinski definition) is 5. The summed E-state index contributed by atoms with van der Waals surface area (Å²) in [4.78, 5) is 4.35. The molecule has 7 nitrogen and oxygen atoms in total. The van der Waals surface area contributed by atoms with Crippen molar-refractivity contribution in [1.82, 2.24) is 9.55 Å². The van der Waals surface area contributed by atoms with E-state index in [-0.39, 0.29) is 16.4 Å². The second-order valence-corrected chi connectivity index (χ2v) is 9.10. The summed E-state index contributed by atoms with van der Waals surface area (Å²) < 4.78 is 67.6. The summed E-state index contributed by atoms with van der Waals surface area (Å²) in [5.74, 6) is 0.970. The monoisotopic (exact) mass is 471 g/mol. The summed E-state index contributed by atoms with van der Waals surface area (Å²) in [6.45, 7) is -1.83. The average Bonchev–Trinajstić information content (AvgIpc) is 3.03. The van der Waals surface area contributed by atoms with Crippen LogP contribution in [-0.4, -0.2) is 31.2 Å². The molecule has 170 valence electrons. The van der Waals surface area contributed by atoms with Gasteiger partial charge in [-0.2, -0.15) is 8.78 Å². The molecule has 5 rings (SSSR count). The Bertz CT molecular complexity index is 1420. The number of fused-ring (bicyclic) bond motifs is 2. The van der Waals surface area contributed by atoms with Crippen molar-refractivity contribution >= 4 is 26.7 Å². The number of benzene rings is 3. The number of ether oxygens (including phenoxy) is 2. The molecule has 0 spiro atoms. The van der Waals surface area contributed by atoms with Crippen molar-refractivity contribution in [3.05, 3.63) is 66.7 Å². The largest absolute Gasteiger partial charge is 0.490 e. The number of rotatable bonds is 5. The molecule has 10 heteroatoms. The predicted molar refractivity (Wildman–Crippen MR) is 119 cm³/mol. The highest BCUT2D eigenvalue weighted by atomic mass is 32.2. The van der Waals surface area contributed by atoms with E-state index in [0.29, 0.717) is 47.7 Å². The fourth-order valence-corrected chi connectivity index (χ4v) is 4.73. The summed E-state index contributed by atoms with van der Waals surface area (Å²) in [6.07, 6.45) is 0.709. The SMILES string of the molecule is O=S(=O)(Nc1ccc(-c2nc3ccccc3n2C(F)F)cc1)c1ccc2c(c1)OCCCO2. The molecule has 0 atom stereocenters. The van der Waals surface area contributed by atoms with Gasteiger partial charge in [0.15, 0.2) is 11.5 Å². The first kappa shape index (κ1) is 21.2. The van der Waals surface area contributed by atoms with Crippen LogP contribution in [0.4, 0.5) is 14.5 Å².